The van der Waals surface area contributed by atoms with Crippen molar-refractivity contribution in [2.24, 2.45) is 5.92 Å². The molecule has 1 N–H and O–H groups in total. The SMILES string of the molecule is N#Cc1cccc(S(=O)(=O)CCOCCC2CCNC2)c1. The summed E-state index contributed by atoms with van der Waals surface area (Å²) in [6.45, 7) is 2.89. The van der Waals surface area contributed by atoms with Gasteiger partial charge in [0, 0.05) is 6.61 Å². The van der Waals surface area contributed by atoms with Crippen molar-refractivity contribution in [2.75, 3.05) is 32.1 Å². The summed E-state index contributed by atoms with van der Waals surface area (Å²) in [5.41, 5.74) is 0.353. The van der Waals surface area contributed by atoms with Crippen LogP contribution in [0.5, 0.6) is 0 Å². The van der Waals surface area contributed by atoms with Crippen molar-refractivity contribution >= 4 is 9.84 Å². The molecule has 0 saturated carbocycles. The minimum Gasteiger partial charge on any atom is -0.380 e. The van der Waals surface area contributed by atoms with Crippen molar-refractivity contribution in [3.05, 3.63) is 29.8 Å². The molecule has 1 aliphatic rings. The highest BCUT2D eigenvalue weighted by molar-refractivity contribution is 7.91. The van der Waals surface area contributed by atoms with E-state index in [0.29, 0.717) is 18.1 Å². The Balaban J connectivity index is 1.77. The predicted molar refractivity (Wildman–Crippen MR) is 79.6 cm³/mol. The number of nitrogens with zero attached hydrogens (tertiary/aromatic N) is 1. The van der Waals surface area contributed by atoms with E-state index < -0.39 is 9.84 Å². The summed E-state index contributed by atoms with van der Waals surface area (Å²) in [4.78, 5) is 0.185. The van der Waals surface area contributed by atoms with Gasteiger partial charge in [-0.2, -0.15) is 5.26 Å². The molecule has 0 aromatic heterocycles. The van der Waals surface area contributed by atoms with Crippen LogP contribution >= 0.6 is 0 Å². The fourth-order valence-corrected chi connectivity index (χ4v) is 3.52. The second-order valence-corrected chi connectivity index (χ2v) is 7.33. The molecule has 1 heterocycles. The fraction of sp³-hybridized carbons (Fsp3) is 0.533. The van der Waals surface area contributed by atoms with Crippen molar-refractivity contribution in [3.8, 4) is 6.07 Å². The van der Waals surface area contributed by atoms with Crippen LogP contribution in [0.1, 0.15) is 18.4 Å². The van der Waals surface area contributed by atoms with E-state index in [4.69, 9.17) is 10.00 Å². The molecule has 114 valence electrons. The lowest BCUT2D eigenvalue weighted by molar-refractivity contribution is 0.135. The van der Waals surface area contributed by atoms with Crippen molar-refractivity contribution < 1.29 is 13.2 Å². The molecule has 1 atom stereocenters. The van der Waals surface area contributed by atoms with Crippen LogP contribution in [0.3, 0.4) is 0 Å². The second kappa shape index (κ2) is 7.55. The van der Waals surface area contributed by atoms with E-state index in [0.717, 1.165) is 19.5 Å². The topological polar surface area (TPSA) is 79.2 Å². The number of sulfone groups is 1. The Bertz CT molecular complexity index is 602. The summed E-state index contributed by atoms with van der Waals surface area (Å²) < 4.78 is 29.7. The molecule has 1 fully saturated rings. The molecule has 1 aliphatic heterocycles. The van der Waals surface area contributed by atoms with Crippen LogP contribution in [0.2, 0.25) is 0 Å². The first-order chi connectivity index (χ1) is 10.1. The highest BCUT2D eigenvalue weighted by Crippen LogP contribution is 2.14. The smallest absolute Gasteiger partial charge is 0.180 e. The number of nitrogens with one attached hydrogen (secondary N) is 1. The summed E-state index contributed by atoms with van der Waals surface area (Å²) in [7, 11) is -3.38. The van der Waals surface area contributed by atoms with Crippen LogP contribution < -0.4 is 5.32 Å². The maximum Gasteiger partial charge on any atom is 0.180 e. The summed E-state index contributed by atoms with van der Waals surface area (Å²) in [6.07, 6.45) is 2.14. The predicted octanol–water partition coefficient (Wildman–Crippen LogP) is 1.35. The first-order valence-electron chi connectivity index (χ1n) is 7.13. The molecule has 0 bridgehead atoms. The van der Waals surface area contributed by atoms with Crippen molar-refractivity contribution in [3.63, 3.8) is 0 Å². The van der Waals surface area contributed by atoms with Crippen molar-refractivity contribution in [1.82, 2.24) is 5.32 Å². The van der Waals surface area contributed by atoms with Gasteiger partial charge in [-0.3, -0.25) is 0 Å². The molecule has 21 heavy (non-hydrogen) atoms. The number of ether oxygens (including phenoxy) is 1. The van der Waals surface area contributed by atoms with Gasteiger partial charge in [0.15, 0.2) is 9.84 Å². The first kappa shape index (κ1) is 16.0. The molecule has 1 aromatic rings. The third-order valence-electron chi connectivity index (χ3n) is 3.65. The Labute approximate surface area is 125 Å². The molecule has 5 nitrogen and oxygen atoms in total. The Morgan fingerprint density at radius 1 is 1.38 bits per heavy atom. The van der Waals surface area contributed by atoms with E-state index in [1.165, 1.54) is 18.6 Å². The van der Waals surface area contributed by atoms with Crippen LogP contribution in [0.25, 0.3) is 0 Å². The van der Waals surface area contributed by atoms with Gasteiger partial charge in [0.1, 0.15) is 0 Å². The third kappa shape index (κ3) is 4.81. The van der Waals surface area contributed by atoms with Gasteiger partial charge >= 0.3 is 0 Å². The molecule has 6 heteroatoms. The fourth-order valence-electron chi connectivity index (χ4n) is 2.36. The van der Waals surface area contributed by atoms with Crippen molar-refractivity contribution in [2.45, 2.75) is 17.7 Å². The average Bonchev–Trinajstić information content (AvgIpc) is 3.00. The van der Waals surface area contributed by atoms with Crippen LogP contribution in [0.15, 0.2) is 29.2 Å². The molecule has 1 saturated heterocycles. The number of hydrogen-bond acceptors (Lipinski definition) is 5. The largest absolute Gasteiger partial charge is 0.380 e. The van der Waals surface area contributed by atoms with Gasteiger partial charge in [0.25, 0.3) is 0 Å². The van der Waals surface area contributed by atoms with E-state index in [-0.39, 0.29) is 17.3 Å². The lowest BCUT2D eigenvalue weighted by Crippen LogP contribution is -2.15. The zero-order chi connectivity index (χ0) is 15.1. The average molecular weight is 308 g/mol. The summed E-state index contributed by atoms with van der Waals surface area (Å²) in [6, 6.07) is 8.03. The third-order valence-corrected chi connectivity index (χ3v) is 5.33. The second-order valence-electron chi connectivity index (χ2n) is 5.22. The van der Waals surface area contributed by atoms with Gasteiger partial charge in [-0.25, -0.2) is 8.42 Å². The number of hydrogen-bond donors (Lipinski definition) is 1. The Kier molecular flexibility index (Phi) is 5.74. The van der Waals surface area contributed by atoms with Gasteiger partial charge < -0.3 is 10.1 Å². The highest BCUT2D eigenvalue weighted by Gasteiger charge is 2.16. The van der Waals surface area contributed by atoms with E-state index in [2.05, 4.69) is 5.32 Å². The summed E-state index contributed by atoms with van der Waals surface area (Å²) in [5.74, 6) is 0.596. The van der Waals surface area contributed by atoms with Crippen LogP contribution in [0, 0.1) is 17.2 Å². The zero-order valence-corrected chi connectivity index (χ0v) is 12.7. The lowest BCUT2D eigenvalue weighted by atomic mass is 10.1. The van der Waals surface area contributed by atoms with E-state index in [1.54, 1.807) is 12.1 Å². The van der Waals surface area contributed by atoms with E-state index in [9.17, 15) is 8.42 Å². The van der Waals surface area contributed by atoms with Gasteiger partial charge in [-0.1, -0.05) is 6.07 Å². The highest BCUT2D eigenvalue weighted by atomic mass is 32.2. The molecule has 0 spiro atoms. The minimum atomic E-state index is -3.38. The molecule has 0 radical (unpaired) electrons. The van der Waals surface area contributed by atoms with Crippen LogP contribution in [0.4, 0.5) is 0 Å². The normalized spacial score (nSPS) is 18.5. The lowest BCUT2D eigenvalue weighted by Gasteiger charge is -2.09. The number of rotatable bonds is 7. The Hall–Kier alpha value is -1.42. The van der Waals surface area contributed by atoms with Crippen LogP contribution in [-0.2, 0) is 14.6 Å². The Morgan fingerprint density at radius 2 is 2.24 bits per heavy atom. The van der Waals surface area contributed by atoms with Gasteiger partial charge in [-0.05, 0) is 50.0 Å². The van der Waals surface area contributed by atoms with Crippen LogP contribution in [-0.4, -0.2) is 40.5 Å². The van der Waals surface area contributed by atoms with Crippen molar-refractivity contribution in [1.29, 1.82) is 5.26 Å². The molecule has 2 rings (SSSR count). The maximum absolute atomic E-state index is 12.1. The Morgan fingerprint density at radius 3 is 2.95 bits per heavy atom. The maximum atomic E-state index is 12.1. The molecule has 0 amide bonds. The van der Waals surface area contributed by atoms with E-state index >= 15 is 0 Å². The molecule has 1 aromatic carbocycles. The first-order valence-corrected chi connectivity index (χ1v) is 8.78. The molecule has 1 unspecified atom stereocenters. The molecular weight excluding hydrogens is 288 g/mol. The number of benzene rings is 1. The van der Waals surface area contributed by atoms with E-state index in [1.807, 2.05) is 6.07 Å². The quantitative estimate of drug-likeness (QED) is 0.769. The monoisotopic (exact) mass is 308 g/mol. The standard InChI is InChI=1S/C15H20N2O3S/c16-11-14-2-1-3-15(10-14)21(18,19)9-8-20-7-5-13-4-6-17-12-13/h1-3,10,13,17H,4-9,12H2. The number of nitriles is 1. The summed E-state index contributed by atoms with van der Waals surface area (Å²) in [5, 5.41) is 12.1. The zero-order valence-electron chi connectivity index (χ0n) is 11.9. The molecule has 0 aliphatic carbocycles. The molecular formula is C15H20N2O3S. The van der Waals surface area contributed by atoms with Gasteiger partial charge in [0.05, 0.1) is 28.9 Å². The van der Waals surface area contributed by atoms with Gasteiger partial charge in [0.2, 0.25) is 0 Å². The summed E-state index contributed by atoms with van der Waals surface area (Å²) >= 11 is 0. The minimum absolute atomic E-state index is 0.0508. The van der Waals surface area contributed by atoms with Gasteiger partial charge in [-0.15, -0.1) is 0 Å².